The van der Waals surface area contributed by atoms with Crippen LogP contribution < -0.4 is 4.90 Å². The standard InChI is InChI=1S/C16H23NO2/c1-16(2)10-6-9-14(11-16)17(12-15(18)19)13-7-4-3-5-8-13/h3-5,7-8,14H,6,9-12H2,1-2H3,(H,18,19). The normalized spacial score (nSPS) is 21.9. The van der Waals surface area contributed by atoms with Crippen molar-refractivity contribution in [2.75, 3.05) is 11.4 Å². The quantitative estimate of drug-likeness (QED) is 0.901. The summed E-state index contributed by atoms with van der Waals surface area (Å²) in [4.78, 5) is 13.2. The molecule has 3 heteroatoms. The van der Waals surface area contributed by atoms with Gasteiger partial charge in [-0.15, -0.1) is 0 Å². The number of carboxylic acids is 1. The molecule has 0 saturated heterocycles. The number of para-hydroxylation sites is 1. The van der Waals surface area contributed by atoms with Crippen LogP contribution in [0.3, 0.4) is 0 Å². The van der Waals surface area contributed by atoms with Gasteiger partial charge in [-0.2, -0.15) is 0 Å². The second kappa shape index (κ2) is 5.64. The Balaban J connectivity index is 2.20. The Labute approximate surface area is 115 Å². The molecule has 0 heterocycles. The van der Waals surface area contributed by atoms with Gasteiger partial charge in [0.25, 0.3) is 0 Å². The third-order valence-corrected chi connectivity index (χ3v) is 4.01. The van der Waals surface area contributed by atoms with Crippen LogP contribution in [0.4, 0.5) is 5.69 Å². The molecule has 1 unspecified atom stereocenters. The molecule has 1 aliphatic rings. The Morgan fingerprint density at radius 1 is 1.37 bits per heavy atom. The number of benzene rings is 1. The van der Waals surface area contributed by atoms with Gasteiger partial charge < -0.3 is 10.0 Å². The van der Waals surface area contributed by atoms with E-state index in [0.29, 0.717) is 11.5 Å². The molecule has 1 aromatic carbocycles. The van der Waals surface area contributed by atoms with Gasteiger partial charge in [-0.05, 0) is 36.8 Å². The van der Waals surface area contributed by atoms with E-state index in [1.807, 2.05) is 30.3 Å². The van der Waals surface area contributed by atoms with E-state index in [2.05, 4.69) is 18.7 Å². The van der Waals surface area contributed by atoms with Crippen molar-refractivity contribution in [2.45, 2.75) is 45.6 Å². The largest absolute Gasteiger partial charge is 0.480 e. The molecule has 3 nitrogen and oxygen atoms in total. The molecule has 1 aromatic rings. The minimum atomic E-state index is -0.757. The SMILES string of the molecule is CC1(C)CCCC(N(CC(=O)O)c2ccccc2)C1. The Morgan fingerprint density at radius 3 is 2.63 bits per heavy atom. The Hall–Kier alpha value is -1.51. The summed E-state index contributed by atoms with van der Waals surface area (Å²) in [5.74, 6) is -0.757. The highest BCUT2D eigenvalue weighted by Gasteiger charge is 2.32. The van der Waals surface area contributed by atoms with Crippen molar-refractivity contribution >= 4 is 11.7 Å². The van der Waals surface area contributed by atoms with E-state index < -0.39 is 5.97 Å². The van der Waals surface area contributed by atoms with Crippen LogP contribution in [-0.4, -0.2) is 23.7 Å². The maximum atomic E-state index is 11.1. The Bertz CT molecular complexity index is 428. The first kappa shape index (κ1) is 13.9. The highest BCUT2D eigenvalue weighted by atomic mass is 16.4. The fraction of sp³-hybridized carbons (Fsp3) is 0.562. The van der Waals surface area contributed by atoms with Gasteiger partial charge in [-0.3, -0.25) is 4.79 Å². The molecule has 19 heavy (non-hydrogen) atoms. The van der Waals surface area contributed by atoms with Crippen molar-refractivity contribution < 1.29 is 9.90 Å². The van der Waals surface area contributed by atoms with Gasteiger partial charge in [-0.25, -0.2) is 0 Å². The number of carboxylic acid groups (broad SMARTS) is 1. The maximum absolute atomic E-state index is 11.1. The molecule has 1 aliphatic carbocycles. The van der Waals surface area contributed by atoms with Crippen LogP contribution in [0, 0.1) is 5.41 Å². The van der Waals surface area contributed by atoms with Gasteiger partial charge in [0, 0.05) is 11.7 Å². The minimum absolute atomic E-state index is 0.0881. The highest BCUT2D eigenvalue weighted by molar-refractivity contribution is 5.74. The number of rotatable bonds is 4. The molecule has 1 N–H and O–H groups in total. The van der Waals surface area contributed by atoms with E-state index in [1.165, 1.54) is 12.8 Å². The lowest BCUT2D eigenvalue weighted by atomic mass is 9.74. The summed E-state index contributed by atoms with van der Waals surface area (Å²) in [6.07, 6.45) is 4.57. The second-order valence-electron chi connectivity index (χ2n) is 6.27. The summed E-state index contributed by atoms with van der Waals surface area (Å²) in [6.45, 7) is 4.65. The molecule has 104 valence electrons. The fourth-order valence-electron chi connectivity index (χ4n) is 3.12. The average molecular weight is 261 g/mol. The molecule has 0 amide bonds. The predicted octanol–water partition coefficient (Wildman–Crippen LogP) is 3.55. The van der Waals surface area contributed by atoms with Crippen molar-refractivity contribution in [1.82, 2.24) is 0 Å². The molecule has 1 atom stereocenters. The van der Waals surface area contributed by atoms with Crippen LogP contribution in [0.5, 0.6) is 0 Å². The van der Waals surface area contributed by atoms with Crippen molar-refractivity contribution in [2.24, 2.45) is 5.41 Å². The maximum Gasteiger partial charge on any atom is 0.323 e. The summed E-state index contributed by atoms with van der Waals surface area (Å²) in [5, 5.41) is 9.16. The zero-order valence-electron chi connectivity index (χ0n) is 11.8. The summed E-state index contributed by atoms with van der Waals surface area (Å²) in [6, 6.07) is 10.3. The van der Waals surface area contributed by atoms with Gasteiger partial charge in [0.2, 0.25) is 0 Å². The minimum Gasteiger partial charge on any atom is -0.480 e. The van der Waals surface area contributed by atoms with Crippen molar-refractivity contribution in [3.63, 3.8) is 0 Å². The molecule has 0 aliphatic heterocycles. The van der Waals surface area contributed by atoms with E-state index >= 15 is 0 Å². The van der Waals surface area contributed by atoms with E-state index in [0.717, 1.165) is 18.5 Å². The first-order valence-corrected chi connectivity index (χ1v) is 7.01. The summed E-state index contributed by atoms with van der Waals surface area (Å²) in [5.41, 5.74) is 1.33. The van der Waals surface area contributed by atoms with Crippen molar-refractivity contribution in [3.8, 4) is 0 Å². The van der Waals surface area contributed by atoms with Gasteiger partial charge in [0.05, 0.1) is 0 Å². The van der Waals surface area contributed by atoms with Crippen molar-refractivity contribution in [1.29, 1.82) is 0 Å². The highest BCUT2D eigenvalue weighted by Crippen LogP contribution is 2.38. The zero-order valence-corrected chi connectivity index (χ0v) is 11.8. The van der Waals surface area contributed by atoms with Gasteiger partial charge >= 0.3 is 5.97 Å². The molecular formula is C16H23NO2. The van der Waals surface area contributed by atoms with Gasteiger partial charge in [-0.1, -0.05) is 38.5 Å². The summed E-state index contributed by atoms with van der Waals surface area (Å²) < 4.78 is 0. The van der Waals surface area contributed by atoms with Crippen LogP contribution in [0.25, 0.3) is 0 Å². The number of hydrogen-bond acceptors (Lipinski definition) is 2. The summed E-state index contributed by atoms with van der Waals surface area (Å²) in [7, 11) is 0. The van der Waals surface area contributed by atoms with Crippen LogP contribution in [0.15, 0.2) is 30.3 Å². The molecular weight excluding hydrogens is 238 g/mol. The molecule has 0 radical (unpaired) electrons. The topological polar surface area (TPSA) is 40.5 Å². The van der Waals surface area contributed by atoms with E-state index in [1.54, 1.807) is 0 Å². The third kappa shape index (κ3) is 3.72. The van der Waals surface area contributed by atoms with Crippen LogP contribution in [0.1, 0.15) is 39.5 Å². The Kier molecular flexibility index (Phi) is 4.13. The van der Waals surface area contributed by atoms with Crippen molar-refractivity contribution in [3.05, 3.63) is 30.3 Å². The lowest BCUT2D eigenvalue weighted by Crippen LogP contribution is -2.43. The average Bonchev–Trinajstić information content (AvgIpc) is 2.35. The zero-order chi connectivity index (χ0) is 13.9. The number of nitrogens with zero attached hydrogens (tertiary/aromatic N) is 1. The number of anilines is 1. The lowest BCUT2D eigenvalue weighted by molar-refractivity contribution is -0.135. The fourth-order valence-corrected chi connectivity index (χ4v) is 3.12. The van der Waals surface area contributed by atoms with Gasteiger partial charge in [0.15, 0.2) is 0 Å². The van der Waals surface area contributed by atoms with Gasteiger partial charge in [0.1, 0.15) is 6.54 Å². The molecule has 1 saturated carbocycles. The number of carbonyl (C=O) groups is 1. The first-order chi connectivity index (χ1) is 8.98. The Morgan fingerprint density at radius 2 is 2.05 bits per heavy atom. The lowest BCUT2D eigenvalue weighted by Gasteiger charge is -2.41. The van der Waals surface area contributed by atoms with Crippen LogP contribution in [0.2, 0.25) is 0 Å². The summed E-state index contributed by atoms with van der Waals surface area (Å²) >= 11 is 0. The second-order valence-corrected chi connectivity index (χ2v) is 6.27. The molecule has 0 bridgehead atoms. The number of aliphatic carboxylic acids is 1. The smallest absolute Gasteiger partial charge is 0.323 e. The molecule has 0 aromatic heterocycles. The van der Waals surface area contributed by atoms with E-state index in [4.69, 9.17) is 5.11 Å². The van der Waals surface area contributed by atoms with Crippen LogP contribution >= 0.6 is 0 Å². The monoisotopic (exact) mass is 261 g/mol. The first-order valence-electron chi connectivity index (χ1n) is 7.01. The predicted molar refractivity (Wildman–Crippen MR) is 77.5 cm³/mol. The third-order valence-electron chi connectivity index (χ3n) is 4.01. The van der Waals surface area contributed by atoms with Crippen LogP contribution in [-0.2, 0) is 4.79 Å². The number of hydrogen-bond donors (Lipinski definition) is 1. The molecule has 1 fully saturated rings. The molecule has 2 rings (SSSR count). The molecule has 0 spiro atoms. The van der Waals surface area contributed by atoms with E-state index in [9.17, 15) is 4.79 Å². The van der Waals surface area contributed by atoms with E-state index in [-0.39, 0.29) is 6.54 Å².